The molecule has 5 nitrogen and oxygen atoms in total. The van der Waals surface area contributed by atoms with Gasteiger partial charge in [-0.1, -0.05) is 29.5 Å². The van der Waals surface area contributed by atoms with Gasteiger partial charge in [-0.05, 0) is 56.8 Å². The number of nitrogens with zero attached hydrogens (tertiary/aromatic N) is 3. The van der Waals surface area contributed by atoms with Gasteiger partial charge in [-0.15, -0.1) is 10.2 Å². The minimum absolute atomic E-state index is 0.133. The van der Waals surface area contributed by atoms with Gasteiger partial charge >= 0.3 is 0 Å². The van der Waals surface area contributed by atoms with Crippen molar-refractivity contribution in [1.82, 2.24) is 15.5 Å². The van der Waals surface area contributed by atoms with Crippen molar-refractivity contribution in [1.29, 1.82) is 0 Å². The third kappa shape index (κ3) is 3.57. The van der Waals surface area contributed by atoms with Crippen molar-refractivity contribution in [2.75, 3.05) is 23.7 Å². The lowest BCUT2D eigenvalue weighted by molar-refractivity contribution is -0.119. The number of aromatic nitrogens is 2. The van der Waals surface area contributed by atoms with Crippen LogP contribution in [0.3, 0.4) is 0 Å². The predicted octanol–water partition coefficient (Wildman–Crippen LogP) is 3.17. The van der Waals surface area contributed by atoms with Gasteiger partial charge in [0.2, 0.25) is 11.0 Å². The SMILES string of the molecule is C[C@H](NC(=O)CSc1nnc(N2CCCC2)s1)[C@@H]1C[C@H]2CC[C@H]1C2. The summed E-state index contributed by atoms with van der Waals surface area (Å²) < 4.78 is 0.902. The Bertz CT molecular complexity index is 587. The van der Waals surface area contributed by atoms with Gasteiger partial charge in [0.25, 0.3) is 0 Å². The molecule has 3 fully saturated rings. The molecule has 1 aliphatic heterocycles. The van der Waals surface area contributed by atoms with E-state index >= 15 is 0 Å². The Morgan fingerprint density at radius 3 is 2.88 bits per heavy atom. The molecule has 2 bridgehead atoms. The topological polar surface area (TPSA) is 58.1 Å². The molecule has 7 heteroatoms. The first-order valence-electron chi connectivity index (χ1n) is 9.19. The molecule has 4 rings (SSSR count). The van der Waals surface area contributed by atoms with Crippen LogP contribution in [0, 0.1) is 17.8 Å². The lowest BCUT2D eigenvalue weighted by Gasteiger charge is -2.28. The van der Waals surface area contributed by atoms with Crippen LogP contribution in [-0.4, -0.2) is 41.0 Å². The van der Waals surface area contributed by atoms with Gasteiger partial charge < -0.3 is 10.2 Å². The highest BCUT2D eigenvalue weighted by atomic mass is 32.2. The first kappa shape index (κ1) is 16.6. The summed E-state index contributed by atoms with van der Waals surface area (Å²) in [6.45, 7) is 4.35. The van der Waals surface area contributed by atoms with Crippen LogP contribution in [0.15, 0.2) is 4.34 Å². The van der Waals surface area contributed by atoms with E-state index in [0.717, 1.165) is 34.4 Å². The second kappa shape index (κ2) is 7.20. The zero-order valence-corrected chi connectivity index (χ0v) is 15.9. The van der Waals surface area contributed by atoms with Crippen molar-refractivity contribution in [3.8, 4) is 0 Å². The monoisotopic (exact) mass is 366 g/mol. The van der Waals surface area contributed by atoms with Crippen molar-refractivity contribution in [3.63, 3.8) is 0 Å². The van der Waals surface area contributed by atoms with E-state index < -0.39 is 0 Å². The molecule has 2 aliphatic carbocycles. The van der Waals surface area contributed by atoms with Crippen LogP contribution in [0.1, 0.15) is 45.4 Å². The first-order chi connectivity index (χ1) is 11.7. The standard InChI is InChI=1S/C17H26N4OS2/c1-11(14-9-12-4-5-13(14)8-12)18-15(22)10-23-17-20-19-16(24-17)21-6-2-3-7-21/h11-14H,2-10H2,1H3,(H,18,22)/t11-,12-,13-,14-/m0/s1. The van der Waals surface area contributed by atoms with Crippen LogP contribution in [0.25, 0.3) is 0 Å². The summed E-state index contributed by atoms with van der Waals surface area (Å²) in [5.74, 6) is 3.05. The number of rotatable bonds is 6. The molecule has 0 radical (unpaired) electrons. The zero-order valence-electron chi connectivity index (χ0n) is 14.2. The van der Waals surface area contributed by atoms with Gasteiger partial charge in [0.05, 0.1) is 5.75 Å². The summed E-state index contributed by atoms with van der Waals surface area (Å²) >= 11 is 3.13. The molecular formula is C17H26N4OS2. The van der Waals surface area contributed by atoms with E-state index in [9.17, 15) is 4.79 Å². The number of thioether (sulfide) groups is 1. The summed E-state index contributed by atoms with van der Waals surface area (Å²) in [6.07, 6.45) is 7.97. The van der Waals surface area contributed by atoms with Crippen molar-refractivity contribution in [3.05, 3.63) is 0 Å². The Labute approximate surface area is 152 Å². The number of amides is 1. The summed E-state index contributed by atoms with van der Waals surface area (Å²) in [5.41, 5.74) is 0. The smallest absolute Gasteiger partial charge is 0.230 e. The van der Waals surface area contributed by atoms with Gasteiger partial charge in [-0.2, -0.15) is 0 Å². The number of hydrogen-bond donors (Lipinski definition) is 1. The van der Waals surface area contributed by atoms with Crippen LogP contribution in [0.4, 0.5) is 5.13 Å². The fourth-order valence-electron chi connectivity index (χ4n) is 4.73. The molecule has 1 saturated heterocycles. The maximum absolute atomic E-state index is 12.3. The molecule has 24 heavy (non-hydrogen) atoms. The van der Waals surface area contributed by atoms with Crippen LogP contribution in [-0.2, 0) is 4.79 Å². The second-order valence-corrected chi connectivity index (χ2v) is 9.71. The average molecular weight is 367 g/mol. The number of anilines is 1. The Hall–Kier alpha value is -0.820. The van der Waals surface area contributed by atoms with E-state index in [1.165, 1.54) is 50.3 Å². The van der Waals surface area contributed by atoms with Gasteiger partial charge in [0.1, 0.15) is 0 Å². The minimum Gasteiger partial charge on any atom is -0.353 e. The van der Waals surface area contributed by atoms with Crippen molar-refractivity contribution in [2.24, 2.45) is 17.8 Å². The highest BCUT2D eigenvalue weighted by Gasteiger charge is 2.42. The third-order valence-corrected chi connectivity index (χ3v) is 8.04. The molecule has 0 unspecified atom stereocenters. The first-order valence-corrected chi connectivity index (χ1v) is 11.0. The maximum atomic E-state index is 12.3. The fraction of sp³-hybridized carbons (Fsp3) is 0.824. The molecule has 1 aromatic heterocycles. The Balaban J connectivity index is 1.23. The maximum Gasteiger partial charge on any atom is 0.230 e. The van der Waals surface area contributed by atoms with E-state index in [1.807, 2.05) is 0 Å². The van der Waals surface area contributed by atoms with Crippen LogP contribution >= 0.6 is 23.1 Å². The third-order valence-electron chi connectivity index (χ3n) is 5.92. The predicted molar refractivity (Wildman–Crippen MR) is 98.6 cm³/mol. The van der Waals surface area contributed by atoms with Gasteiger partial charge in [0.15, 0.2) is 4.34 Å². The number of fused-ring (bicyclic) bond motifs is 2. The Kier molecular flexibility index (Phi) is 4.99. The lowest BCUT2D eigenvalue weighted by atomic mass is 9.84. The van der Waals surface area contributed by atoms with Gasteiger partial charge in [-0.3, -0.25) is 4.79 Å². The van der Waals surface area contributed by atoms with Crippen molar-refractivity contribution >= 4 is 34.1 Å². The van der Waals surface area contributed by atoms with Crippen LogP contribution in [0.5, 0.6) is 0 Å². The van der Waals surface area contributed by atoms with Crippen molar-refractivity contribution in [2.45, 2.75) is 55.8 Å². The number of carbonyl (C=O) groups excluding carboxylic acids is 1. The molecule has 2 saturated carbocycles. The Morgan fingerprint density at radius 2 is 2.17 bits per heavy atom. The highest BCUT2D eigenvalue weighted by Crippen LogP contribution is 2.49. The zero-order chi connectivity index (χ0) is 16.5. The largest absolute Gasteiger partial charge is 0.353 e. The molecule has 3 aliphatic rings. The molecule has 4 atom stereocenters. The molecule has 1 N–H and O–H groups in total. The highest BCUT2D eigenvalue weighted by molar-refractivity contribution is 8.01. The van der Waals surface area contributed by atoms with E-state index in [0.29, 0.717) is 17.7 Å². The molecule has 1 aromatic rings. The summed E-state index contributed by atoms with van der Waals surface area (Å²) in [7, 11) is 0. The van der Waals surface area contributed by atoms with E-state index in [4.69, 9.17) is 0 Å². The number of hydrogen-bond acceptors (Lipinski definition) is 6. The lowest BCUT2D eigenvalue weighted by Crippen LogP contribution is -2.40. The summed E-state index contributed by atoms with van der Waals surface area (Å²) in [6, 6.07) is 0.308. The molecular weight excluding hydrogens is 340 g/mol. The van der Waals surface area contributed by atoms with Crippen LogP contribution in [0.2, 0.25) is 0 Å². The summed E-state index contributed by atoms with van der Waals surface area (Å²) in [5, 5.41) is 12.7. The minimum atomic E-state index is 0.133. The average Bonchev–Trinajstić information content (AvgIpc) is 3.37. The molecule has 0 aromatic carbocycles. The van der Waals surface area contributed by atoms with Crippen molar-refractivity contribution < 1.29 is 4.79 Å². The summed E-state index contributed by atoms with van der Waals surface area (Å²) in [4.78, 5) is 14.6. The van der Waals surface area contributed by atoms with Crippen LogP contribution < -0.4 is 10.2 Å². The normalized spacial score (nSPS) is 30.0. The second-order valence-electron chi connectivity index (χ2n) is 7.53. The van der Waals surface area contributed by atoms with Gasteiger partial charge in [-0.25, -0.2) is 0 Å². The quantitative estimate of drug-likeness (QED) is 0.784. The van der Waals surface area contributed by atoms with E-state index in [-0.39, 0.29) is 5.91 Å². The number of nitrogens with one attached hydrogen (secondary N) is 1. The molecule has 2 heterocycles. The Morgan fingerprint density at radius 1 is 1.33 bits per heavy atom. The fourth-order valence-corrected chi connectivity index (χ4v) is 6.44. The molecule has 132 valence electrons. The molecule has 0 spiro atoms. The number of carbonyl (C=O) groups is 1. The van der Waals surface area contributed by atoms with Gasteiger partial charge in [0, 0.05) is 19.1 Å². The van der Waals surface area contributed by atoms with E-state index in [2.05, 4.69) is 27.3 Å². The molecule has 1 amide bonds. The van der Waals surface area contributed by atoms with E-state index in [1.54, 1.807) is 11.3 Å².